The van der Waals surface area contributed by atoms with E-state index < -0.39 is 0 Å². The van der Waals surface area contributed by atoms with Gasteiger partial charge in [0, 0.05) is 25.7 Å². The van der Waals surface area contributed by atoms with E-state index >= 15 is 0 Å². The van der Waals surface area contributed by atoms with E-state index in [-0.39, 0.29) is 12.1 Å². The SMILES string of the molecule is CCN(CC)C(=O)NCC1CCCC1N. The van der Waals surface area contributed by atoms with Gasteiger partial charge in [0.2, 0.25) is 0 Å². The highest BCUT2D eigenvalue weighted by Crippen LogP contribution is 2.22. The van der Waals surface area contributed by atoms with Crippen LogP contribution >= 0.6 is 0 Å². The number of hydrogen-bond acceptors (Lipinski definition) is 2. The Morgan fingerprint density at radius 3 is 2.53 bits per heavy atom. The highest BCUT2D eigenvalue weighted by molar-refractivity contribution is 5.74. The molecule has 2 amide bonds. The zero-order valence-electron chi connectivity index (χ0n) is 9.83. The molecule has 4 heteroatoms. The molecule has 1 rings (SSSR count). The van der Waals surface area contributed by atoms with Gasteiger partial charge in [0.05, 0.1) is 0 Å². The summed E-state index contributed by atoms with van der Waals surface area (Å²) in [4.78, 5) is 13.4. The number of carbonyl (C=O) groups excluding carboxylic acids is 1. The molecule has 4 nitrogen and oxygen atoms in total. The molecule has 2 unspecified atom stereocenters. The zero-order valence-corrected chi connectivity index (χ0v) is 9.83. The molecule has 0 aromatic heterocycles. The number of rotatable bonds is 4. The summed E-state index contributed by atoms with van der Waals surface area (Å²) in [6, 6.07) is 0.320. The third-order valence-electron chi connectivity index (χ3n) is 3.28. The van der Waals surface area contributed by atoms with Crippen LogP contribution in [0.2, 0.25) is 0 Å². The van der Waals surface area contributed by atoms with Crippen LogP contribution in [0.5, 0.6) is 0 Å². The fourth-order valence-corrected chi connectivity index (χ4v) is 2.16. The highest BCUT2D eigenvalue weighted by Gasteiger charge is 2.24. The number of hydrogen-bond donors (Lipinski definition) is 2. The summed E-state index contributed by atoms with van der Waals surface area (Å²) in [7, 11) is 0. The van der Waals surface area contributed by atoms with Crippen LogP contribution in [0, 0.1) is 5.92 Å². The predicted octanol–water partition coefficient (Wildman–Crippen LogP) is 1.17. The monoisotopic (exact) mass is 213 g/mol. The van der Waals surface area contributed by atoms with Crippen molar-refractivity contribution in [3.63, 3.8) is 0 Å². The van der Waals surface area contributed by atoms with Crippen molar-refractivity contribution in [2.45, 2.75) is 39.2 Å². The van der Waals surface area contributed by atoms with Gasteiger partial charge in [-0.2, -0.15) is 0 Å². The lowest BCUT2D eigenvalue weighted by atomic mass is 10.1. The summed E-state index contributed by atoms with van der Waals surface area (Å²) in [6.45, 7) is 6.24. The average Bonchev–Trinajstić information content (AvgIpc) is 2.63. The number of nitrogens with one attached hydrogen (secondary N) is 1. The largest absolute Gasteiger partial charge is 0.338 e. The number of carbonyl (C=O) groups is 1. The van der Waals surface area contributed by atoms with Crippen molar-refractivity contribution in [3.05, 3.63) is 0 Å². The smallest absolute Gasteiger partial charge is 0.317 e. The summed E-state index contributed by atoms with van der Waals surface area (Å²) in [5.74, 6) is 0.476. The van der Waals surface area contributed by atoms with Crippen molar-refractivity contribution in [1.29, 1.82) is 0 Å². The van der Waals surface area contributed by atoms with Crippen molar-refractivity contribution < 1.29 is 4.79 Å². The van der Waals surface area contributed by atoms with Crippen molar-refractivity contribution >= 4 is 6.03 Å². The van der Waals surface area contributed by atoms with E-state index in [1.165, 1.54) is 6.42 Å². The molecule has 3 N–H and O–H groups in total. The number of nitrogens with zero attached hydrogens (tertiary/aromatic N) is 1. The fourth-order valence-electron chi connectivity index (χ4n) is 2.16. The number of urea groups is 1. The van der Waals surface area contributed by atoms with Gasteiger partial charge in [0.25, 0.3) is 0 Å². The molecule has 0 saturated heterocycles. The molecule has 1 fully saturated rings. The van der Waals surface area contributed by atoms with Gasteiger partial charge in [-0.3, -0.25) is 0 Å². The van der Waals surface area contributed by atoms with Crippen molar-refractivity contribution in [3.8, 4) is 0 Å². The summed E-state index contributed by atoms with van der Waals surface area (Å²) in [5.41, 5.74) is 5.94. The van der Waals surface area contributed by atoms with Crippen LogP contribution in [-0.2, 0) is 0 Å². The first kappa shape index (κ1) is 12.3. The maximum absolute atomic E-state index is 11.6. The Balaban J connectivity index is 2.26. The zero-order chi connectivity index (χ0) is 11.3. The molecule has 0 radical (unpaired) electrons. The topological polar surface area (TPSA) is 58.4 Å². The molecule has 15 heavy (non-hydrogen) atoms. The minimum atomic E-state index is 0.0408. The predicted molar refractivity (Wildman–Crippen MR) is 61.6 cm³/mol. The van der Waals surface area contributed by atoms with Crippen molar-refractivity contribution in [1.82, 2.24) is 10.2 Å². The molecule has 1 aliphatic carbocycles. The van der Waals surface area contributed by atoms with E-state index in [4.69, 9.17) is 5.73 Å². The molecular formula is C11H23N3O. The molecule has 0 aromatic carbocycles. The second-order valence-corrected chi connectivity index (χ2v) is 4.21. The number of amides is 2. The van der Waals surface area contributed by atoms with E-state index in [0.29, 0.717) is 5.92 Å². The molecule has 1 saturated carbocycles. The average molecular weight is 213 g/mol. The van der Waals surface area contributed by atoms with Crippen LogP contribution in [0.3, 0.4) is 0 Å². The lowest BCUT2D eigenvalue weighted by Crippen LogP contribution is -2.43. The Kier molecular flexibility index (Phi) is 4.88. The van der Waals surface area contributed by atoms with Crippen LogP contribution < -0.4 is 11.1 Å². The first-order valence-electron chi connectivity index (χ1n) is 5.97. The van der Waals surface area contributed by atoms with Gasteiger partial charge in [-0.25, -0.2) is 4.79 Å². The quantitative estimate of drug-likeness (QED) is 0.736. The second-order valence-electron chi connectivity index (χ2n) is 4.21. The van der Waals surface area contributed by atoms with Gasteiger partial charge < -0.3 is 16.0 Å². The molecular weight excluding hydrogens is 190 g/mol. The Morgan fingerprint density at radius 2 is 2.07 bits per heavy atom. The van der Waals surface area contributed by atoms with Crippen molar-refractivity contribution in [2.24, 2.45) is 11.7 Å². The normalized spacial score (nSPS) is 25.3. The molecule has 0 aromatic rings. The van der Waals surface area contributed by atoms with E-state index in [1.807, 2.05) is 13.8 Å². The molecule has 0 heterocycles. The maximum Gasteiger partial charge on any atom is 0.317 e. The van der Waals surface area contributed by atoms with Gasteiger partial charge in [-0.05, 0) is 32.6 Å². The van der Waals surface area contributed by atoms with Gasteiger partial charge in [0.1, 0.15) is 0 Å². The molecule has 88 valence electrons. The first-order valence-corrected chi connectivity index (χ1v) is 5.97. The van der Waals surface area contributed by atoms with Gasteiger partial charge in [-0.15, -0.1) is 0 Å². The van der Waals surface area contributed by atoms with Crippen LogP contribution in [0.15, 0.2) is 0 Å². The second kappa shape index (κ2) is 5.95. The maximum atomic E-state index is 11.6. The first-order chi connectivity index (χ1) is 7.19. The van der Waals surface area contributed by atoms with E-state index in [2.05, 4.69) is 5.32 Å². The third kappa shape index (κ3) is 3.38. The summed E-state index contributed by atoms with van der Waals surface area (Å²) >= 11 is 0. The third-order valence-corrected chi connectivity index (χ3v) is 3.28. The molecule has 0 aliphatic heterocycles. The molecule has 2 atom stereocenters. The number of nitrogens with two attached hydrogens (primary N) is 1. The lowest BCUT2D eigenvalue weighted by Gasteiger charge is -2.22. The minimum Gasteiger partial charge on any atom is -0.338 e. The highest BCUT2D eigenvalue weighted by atomic mass is 16.2. The van der Waals surface area contributed by atoms with Crippen LogP contribution in [-0.4, -0.2) is 36.6 Å². The lowest BCUT2D eigenvalue weighted by molar-refractivity contribution is 0.201. The molecule has 1 aliphatic rings. The fraction of sp³-hybridized carbons (Fsp3) is 0.909. The standard InChI is InChI=1S/C11H23N3O/c1-3-14(4-2)11(15)13-8-9-6-5-7-10(9)12/h9-10H,3-8,12H2,1-2H3,(H,13,15). The van der Waals surface area contributed by atoms with Gasteiger partial charge in [-0.1, -0.05) is 6.42 Å². The van der Waals surface area contributed by atoms with E-state index in [0.717, 1.165) is 32.5 Å². The molecule has 0 bridgehead atoms. The van der Waals surface area contributed by atoms with E-state index in [9.17, 15) is 4.79 Å². The van der Waals surface area contributed by atoms with Crippen molar-refractivity contribution in [2.75, 3.05) is 19.6 Å². The van der Waals surface area contributed by atoms with Gasteiger partial charge >= 0.3 is 6.03 Å². The molecule has 0 spiro atoms. The summed E-state index contributed by atoms with van der Waals surface area (Å²) in [5, 5.41) is 2.96. The summed E-state index contributed by atoms with van der Waals surface area (Å²) < 4.78 is 0. The Hall–Kier alpha value is -0.770. The van der Waals surface area contributed by atoms with Crippen LogP contribution in [0.1, 0.15) is 33.1 Å². The Labute approximate surface area is 92.2 Å². The Morgan fingerprint density at radius 1 is 1.40 bits per heavy atom. The summed E-state index contributed by atoms with van der Waals surface area (Å²) in [6.07, 6.45) is 3.46. The minimum absolute atomic E-state index is 0.0408. The van der Waals surface area contributed by atoms with Crippen LogP contribution in [0.4, 0.5) is 4.79 Å². The Bertz CT molecular complexity index is 204. The van der Waals surface area contributed by atoms with Crippen LogP contribution in [0.25, 0.3) is 0 Å². The van der Waals surface area contributed by atoms with Gasteiger partial charge in [0.15, 0.2) is 0 Å². The van der Waals surface area contributed by atoms with E-state index in [1.54, 1.807) is 4.90 Å².